The zero-order valence-corrected chi connectivity index (χ0v) is 25.6. The summed E-state index contributed by atoms with van der Waals surface area (Å²) in [5, 5.41) is 18.1. The van der Waals surface area contributed by atoms with Crippen LogP contribution in [-0.4, -0.2) is 51.4 Å². The molecule has 1 fully saturated rings. The minimum Gasteiger partial charge on any atom is -0.491 e. The summed E-state index contributed by atoms with van der Waals surface area (Å²) in [6.07, 6.45) is 3.92. The number of hydrogen-bond donors (Lipinski definition) is 2. The van der Waals surface area contributed by atoms with Crippen LogP contribution in [0.3, 0.4) is 0 Å². The zero-order chi connectivity index (χ0) is 29.3. The molecular formula is C31H51N3O4. The molecule has 0 spiro atoms. The lowest BCUT2D eigenvalue weighted by Gasteiger charge is -2.40. The molecule has 7 heteroatoms. The molecule has 0 atom stereocenters. The third-order valence-corrected chi connectivity index (χ3v) is 6.01. The van der Waals surface area contributed by atoms with Gasteiger partial charge in [-0.2, -0.15) is 0 Å². The minimum absolute atomic E-state index is 0.0452. The maximum absolute atomic E-state index is 11.7. The van der Waals surface area contributed by atoms with Crippen molar-refractivity contribution in [2.45, 2.75) is 101 Å². The van der Waals surface area contributed by atoms with Crippen molar-refractivity contribution < 1.29 is 19.7 Å². The predicted molar refractivity (Wildman–Crippen MR) is 157 cm³/mol. The van der Waals surface area contributed by atoms with Crippen LogP contribution in [-0.2, 0) is 11.2 Å². The van der Waals surface area contributed by atoms with Crippen molar-refractivity contribution >= 4 is 11.7 Å². The summed E-state index contributed by atoms with van der Waals surface area (Å²) in [6.45, 7) is 24.3. The lowest BCUT2D eigenvalue weighted by atomic mass is 9.82. The van der Waals surface area contributed by atoms with Crippen LogP contribution in [0.5, 0.6) is 5.75 Å². The highest BCUT2D eigenvalue weighted by atomic mass is 16.5. The van der Waals surface area contributed by atoms with Crippen LogP contribution in [0.2, 0.25) is 0 Å². The molecule has 0 unspecified atom stereocenters. The summed E-state index contributed by atoms with van der Waals surface area (Å²) in [6, 6.07) is 3.91. The summed E-state index contributed by atoms with van der Waals surface area (Å²) in [5.41, 5.74) is 4.82. The van der Waals surface area contributed by atoms with E-state index in [-0.39, 0.29) is 6.42 Å². The molecule has 0 saturated carbocycles. The standard InChI is InChI=1S/C25H35N3O3.C4H10O.C2H6/c1-16(2)15-31-22-8-7-21(27-18(22)4)20-14-26-17(3)19(13-23(29)30)24(20)28-11-9-25(5,6)10-12-28;1-4(2,3)5;1-2/h7-8,14,16H,9-13,15H2,1-6H3,(H,29,30);5H,1-3H3;1-2H3. The Bertz CT molecular complexity index is 1030. The number of rotatable bonds is 7. The molecule has 214 valence electrons. The largest absolute Gasteiger partial charge is 0.491 e. The molecule has 0 radical (unpaired) electrons. The van der Waals surface area contributed by atoms with E-state index in [9.17, 15) is 9.90 Å². The number of carbonyl (C=O) groups is 1. The van der Waals surface area contributed by atoms with Gasteiger partial charge in [-0.3, -0.25) is 9.78 Å². The smallest absolute Gasteiger partial charge is 0.307 e. The number of nitrogens with zero attached hydrogens (tertiary/aromatic N) is 3. The van der Waals surface area contributed by atoms with E-state index in [0.717, 1.165) is 65.6 Å². The van der Waals surface area contributed by atoms with Gasteiger partial charge in [0.25, 0.3) is 0 Å². The Morgan fingerprint density at radius 3 is 2.13 bits per heavy atom. The number of ether oxygens (including phenoxy) is 1. The van der Waals surface area contributed by atoms with Gasteiger partial charge in [-0.25, -0.2) is 4.98 Å². The van der Waals surface area contributed by atoms with Crippen molar-refractivity contribution in [3.8, 4) is 17.0 Å². The SMILES string of the molecule is CC.CC(C)(C)O.Cc1nc(-c2cnc(C)c(CC(=O)O)c2N2CCC(C)(C)CC2)ccc1OCC(C)C. The molecule has 0 amide bonds. The van der Waals surface area contributed by atoms with Crippen molar-refractivity contribution in [2.75, 3.05) is 24.6 Å². The maximum Gasteiger partial charge on any atom is 0.307 e. The molecule has 0 aromatic carbocycles. The summed E-state index contributed by atoms with van der Waals surface area (Å²) in [4.78, 5) is 23.3. The molecule has 2 aromatic heterocycles. The number of carboxylic acids is 1. The molecule has 7 nitrogen and oxygen atoms in total. The Kier molecular flexibility index (Phi) is 12.7. The normalized spacial score (nSPS) is 14.7. The van der Waals surface area contributed by atoms with Gasteiger partial charge in [0.05, 0.1) is 35.7 Å². The monoisotopic (exact) mass is 529 g/mol. The van der Waals surface area contributed by atoms with Crippen molar-refractivity contribution in [1.82, 2.24) is 9.97 Å². The topological polar surface area (TPSA) is 95.8 Å². The van der Waals surface area contributed by atoms with E-state index in [0.29, 0.717) is 17.9 Å². The number of aromatic nitrogens is 2. The second-order valence-corrected chi connectivity index (χ2v) is 12.0. The molecule has 3 rings (SSSR count). The average Bonchev–Trinajstić information content (AvgIpc) is 2.80. The van der Waals surface area contributed by atoms with Crippen molar-refractivity contribution in [2.24, 2.45) is 11.3 Å². The van der Waals surface area contributed by atoms with Gasteiger partial charge in [0, 0.05) is 36.1 Å². The molecule has 0 aliphatic carbocycles. The van der Waals surface area contributed by atoms with Crippen LogP contribution in [0.4, 0.5) is 5.69 Å². The summed E-state index contributed by atoms with van der Waals surface area (Å²) in [7, 11) is 0. The first-order valence-electron chi connectivity index (χ1n) is 13.9. The summed E-state index contributed by atoms with van der Waals surface area (Å²) >= 11 is 0. The number of pyridine rings is 2. The number of aliphatic hydroxyl groups is 1. The van der Waals surface area contributed by atoms with Crippen LogP contribution < -0.4 is 9.64 Å². The number of carboxylic acid groups (broad SMARTS) is 1. The van der Waals surface area contributed by atoms with Gasteiger partial charge in [-0.1, -0.05) is 41.5 Å². The van der Waals surface area contributed by atoms with Crippen LogP contribution in [0.1, 0.15) is 92.1 Å². The summed E-state index contributed by atoms with van der Waals surface area (Å²) < 4.78 is 5.89. The van der Waals surface area contributed by atoms with Gasteiger partial charge in [0.15, 0.2) is 0 Å². The van der Waals surface area contributed by atoms with Gasteiger partial charge in [0.2, 0.25) is 0 Å². The van der Waals surface area contributed by atoms with Gasteiger partial charge in [-0.15, -0.1) is 0 Å². The van der Waals surface area contributed by atoms with E-state index in [4.69, 9.17) is 14.8 Å². The minimum atomic E-state index is -0.845. The highest BCUT2D eigenvalue weighted by Gasteiger charge is 2.29. The highest BCUT2D eigenvalue weighted by molar-refractivity contribution is 5.83. The first-order chi connectivity index (χ1) is 17.6. The molecule has 0 bridgehead atoms. The van der Waals surface area contributed by atoms with Crippen LogP contribution in [0, 0.1) is 25.2 Å². The lowest BCUT2D eigenvalue weighted by molar-refractivity contribution is -0.136. The molecule has 2 N–H and O–H groups in total. The number of hydrogen-bond acceptors (Lipinski definition) is 6. The zero-order valence-electron chi connectivity index (χ0n) is 25.6. The average molecular weight is 530 g/mol. The molecular weight excluding hydrogens is 478 g/mol. The first kappa shape index (κ1) is 33.4. The lowest BCUT2D eigenvalue weighted by Crippen LogP contribution is -2.38. The summed E-state index contributed by atoms with van der Waals surface area (Å²) in [5.74, 6) is 0.376. The van der Waals surface area contributed by atoms with Crippen molar-refractivity contribution in [3.05, 3.63) is 35.3 Å². The van der Waals surface area contributed by atoms with Gasteiger partial charge in [-0.05, 0) is 70.9 Å². The Morgan fingerprint density at radius 2 is 1.66 bits per heavy atom. The van der Waals surface area contributed by atoms with Crippen LogP contribution in [0.25, 0.3) is 11.3 Å². The second kappa shape index (κ2) is 14.5. The van der Waals surface area contributed by atoms with Gasteiger partial charge < -0.3 is 19.8 Å². The van der Waals surface area contributed by atoms with Crippen molar-refractivity contribution in [3.63, 3.8) is 0 Å². The quantitative estimate of drug-likeness (QED) is 0.405. The van der Waals surface area contributed by atoms with Gasteiger partial charge >= 0.3 is 5.97 Å². The molecule has 2 aromatic rings. The fraction of sp³-hybridized carbons (Fsp3) is 0.645. The third-order valence-electron chi connectivity index (χ3n) is 6.01. The molecule has 3 heterocycles. The molecule has 1 saturated heterocycles. The highest BCUT2D eigenvalue weighted by Crippen LogP contribution is 2.39. The van der Waals surface area contributed by atoms with Crippen molar-refractivity contribution in [1.29, 1.82) is 0 Å². The van der Waals surface area contributed by atoms with Crippen LogP contribution >= 0.6 is 0 Å². The third kappa shape index (κ3) is 11.0. The van der Waals surface area contributed by atoms with E-state index in [2.05, 4.69) is 37.6 Å². The van der Waals surface area contributed by atoms with E-state index in [1.807, 2.05) is 46.0 Å². The van der Waals surface area contributed by atoms with E-state index in [1.165, 1.54) is 0 Å². The number of aryl methyl sites for hydroxylation is 2. The first-order valence-corrected chi connectivity index (χ1v) is 13.9. The van der Waals surface area contributed by atoms with E-state index < -0.39 is 11.6 Å². The van der Waals surface area contributed by atoms with E-state index in [1.54, 1.807) is 20.8 Å². The van der Waals surface area contributed by atoms with Gasteiger partial charge in [0.1, 0.15) is 5.75 Å². The fourth-order valence-corrected chi connectivity index (χ4v) is 3.99. The molecule has 1 aliphatic rings. The Morgan fingerprint density at radius 1 is 1.11 bits per heavy atom. The Balaban J connectivity index is 0.000000924. The number of piperidine rings is 1. The fourth-order valence-electron chi connectivity index (χ4n) is 3.99. The second-order valence-electron chi connectivity index (χ2n) is 12.0. The molecule has 1 aliphatic heterocycles. The Labute approximate surface area is 230 Å². The molecule has 38 heavy (non-hydrogen) atoms. The van der Waals surface area contributed by atoms with E-state index >= 15 is 0 Å². The Hall–Kier alpha value is -2.67. The van der Waals surface area contributed by atoms with Crippen LogP contribution in [0.15, 0.2) is 18.3 Å². The number of anilines is 1. The number of aliphatic carboxylic acids is 1. The predicted octanol–water partition coefficient (Wildman–Crippen LogP) is 6.85. The maximum atomic E-state index is 11.7.